The molecule has 1 saturated heterocycles. The summed E-state index contributed by atoms with van der Waals surface area (Å²) in [6.07, 6.45) is 11.1. The molecule has 0 bridgehead atoms. The van der Waals surface area contributed by atoms with Gasteiger partial charge in [0.2, 0.25) is 11.8 Å². The van der Waals surface area contributed by atoms with Crippen LogP contribution in [0.4, 0.5) is 0 Å². The summed E-state index contributed by atoms with van der Waals surface area (Å²) in [5.74, 6) is 0.805. The van der Waals surface area contributed by atoms with E-state index in [1.807, 2.05) is 33.9 Å². The SMILES string of the molecule is CC.CC.CCCCC.CNC(=O)C(C)CN.Cc1ccc(CCC(=O)N2CCC(CN3CC=NC=N3)(C(C)C)CC2)cc1. The Balaban J connectivity index is 0. The fourth-order valence-corrected chi connectivity index (χ4v) is 4.80. The monoisotopic (exact) mass is 617 g/mol. The van der Waals surface area contributed by atoms with Crippen LogP contribution < -0.4 is 11.1 Å². The minimum absolute atomic E-state index is 0.00694. The molecule has 2 amide bonds. The van der Waals surface area contributed by atoms with Crippen molar-refractivity contribution in [2.75, 3.05) is 39.8 Å². The highest BCUT2D eigenvalue weighted by molar-refractivity contribution is 5.78. The van der Waals surface area contributed by atoms with E-state index >= 15 is 0 Å². The second-order valence-corrected chi connectivity index (χ2v) is 11.4. The molecule has 0 aliphatic carbocycles. The van der Waals surface area contributed by atoms with Crippen molar-refractivity contribution in [1.29, 1.82) is 0 Å². The van der Waals surface area contributed by atoms with Gasteiger partial charge in [0, 0.05) is 51.8 Å². The number of nitrogens with zero attached hydrogens (tertiary/aromatic N) is 4. The molecule has 2 heterocycles. The lowest BCUT2D eigenvalue weighted by Gasteiger charge is -2.46. The standard InChI is InChI=1S/C22H32N4O.C5H12N2O.C5H12.2C2H6/c1-18(2)22(16-26-15-12-23-17-24-26)10-13-25(14-11-22)21(27)9-8-20-6-4-19(3)5-7-20;1-4(3-6)5(8)7-2;1-3-5-4-2;2*1-2/h4-7,12,17-18H,8-11,13-16H2,1-3H3;4H,3,6H2,1-2H3,(H,7,8);3-5H2,1-2H3;2*1-2H3. The van der Waals surface area contributed by atoms with E-state index in [2.05, 4.69) is 84.2 Å². The van der Waals surface area contributed by atoms with E-state index in [1.165, 1.54) is 30.4 Å². The third-order valence-corrected chi connectivity index (χ3v) is 8.02. The van der Waals surface area contributed by atoms with Crippen LogP contribution in [0.25, 0.3) is 0 Å². The summed E-state index contributed by atoms with van der Waals surface area (Å²) in [7, 11) is 1.61. The Labute approximate surface area is 271 Å². The van der Waals surface area contributed by atoms with Crippen LogP contribution >= 0.6 is 0 Å². The van der Waals surface area contributed by atoms with E-state index in [-0.39, 0.29) is 23.1 Å². The maximum absolute atomic E-state index is 12.7. The van der Waals surface area contributed by atoms with Gasteiger partial charge >= 0.3 is 0 Å². The van der Waals surface area contributed by atoms with Crippen LogP contribution in [0.1, 0.15) is 112 Å². The number of unbranched alkanes of at least 4 members (excludes halogenated alkanes) is 2. The Morgan fingerprint density at radius 2 is 1.57 bits per heavy atom. The van der Waals surface area contributed by atoms with Crippen molar-refractivity contribution < 1.29 is 9.59 Å². The van der Waals surface area contributed by atoms with E-state index in [1.54, 1.807) is 20.3 Å². The summed E-state index contributed by atoms with van der Waals surface area (Å²) >= 11 is 0. The average molecular weight is 617 g/mol. The molecule has 1 aromatic carbocycles. The molecule has 0 spiro atoms. The lowest BCUT2D eigenvalue weighted by Crippen LogP contribution is -2.50. The number of aliphatic imine (C=N–C) groups is 1. The molecule has 1 atom stereocenters. The van der Waals surface area contributed by atoms with E-state index in [4.69, 9.17) is 5.73 Å². The van der Waals surface area contributed by atoms with Crippen molar-refractivity contribution in [3.05, 3.63) is 35.4 Å². The first kappa shape index (κ1) is 43.4. The van der Waals surface area contributed by atoms with Crippen LogP contribution in [0, 0.1) is 24.2 Å². The van der Waals surface area contributed by atoms with Gasteiger partial charge in [-0.2, -0.15) is 5.10 Å². The molecule has 0 aromatic heterocycles. The molecule has 1 unspecified atom stereocenters. The minimum atomic E-state index is -0.0556. The normalized spacial score (nSPS) is 15.2. The number of hydrogen-bond donors (Lipinski definition) is 2. The van der Waals surface area contributed by atoms with E-state index in [0.29, 0.717) is 18.9 Å². The molecule has 254 valence electrons. The van der Waals surface area contributed by atoms with Gasteiger partial charge in [-0.1, -0.05) is 111 Å². The third-order valence-electron chi connectivity index (χ3n) is 8.02. The van der Waals surface area contributed by atoms with Crippen molar-refractivity contribution in [1.82, 2.24) is 15.2 Å². The first-order valence-electron chi connectivity index (χ1n) is 17.2. The summed E-state index contributed by atoms with van der Waals surface area (Å²) in [5, 5.41) is 9.01. The van der Waals surface area contributed by atoms with E-state index in [0.717, 1.165) is 45.4 Å². The number of nitrogens with two attached hydrogens (primary N) is 1. The highest BCUT2D eigenvalue weighted by Gasteiger charge is 2.39. The zero-order valence-electron chi connectivity index (χ0n) is 30.3. The topological polar surface area (TPSA) is 103 Å². The molecule has 0 saturated carbocycles. The Bertz CT molecular complexity index is 904. The molecule has 0 radical (unpaired) electrons. The quantitative estimate of drug-likeness (QED) is 0.293. The van der Waals surface area contributed by atoms with Crippen LogP contribution in [0.5, 0.6) is 0 Å². The summed E-state index contributed by atoms with van der Waals surface area (Å²) < 4.78 is 0. The first-order chi connectivity index (χ1) is 21.1. The smallest absolute Gasteiger partial charge is 0.223 e. The van der Waals surface area contributed by atoms with Crippen LogP contribution in [0.15, 0.2) is 34.4 Å². The van der Waals surface area contributed by atoms with Crippen molar-refractivity contribution >= 4 is 24.4 Å². The van der Waals surface area contributed by atoms with Crippen LogP contribution in [0.3, 0.4) is 0 Å². The summed E-state index contributed by atoms with van der Waals surface area (Å²) in [6, 6.07) is 8.49. The summed E-state index contributed by atoms with van der Waals surface area (Å²) in [5.41, 5.74) is 7.91. The van der Waals surface area contributed by atoms with Gasteiger partial charge in [-0.15, -0.1) is 0 Å². The first-order valence-corrected chi connectivity index (χ1v) is 17.2. The Kier molecular flexibility index (Phi) is 26.3. The number of aryl methyl sites for hydroxylation is 2. The second-order valence-electron chi connectivity index (χ2n) is 11.4. The fraction of sp³-hybridized carbons (Fsp3) is 0.722. The second kappa shape index (κ2) is 26.6. The van der Waals surface area contributed by atoms with Crippen molar-refractivity contribution in [2.24, 2.45) is 33.1 Å². The zero-order chi connectivity index (χ0) is 34.0. The van der Waals surface area contributed by atoms with Crippen molar-refractivity contribution in [2.45, 2.75) is 114 Å². The third kappa shape index (κ3) is 17.5. The lowest BCUT2D eigenvalue weighted by atomic mass is 9.69. The van der Waals surface area contributed by atoms with E-state index in [9.17, 15) is 9.59 Å². The summed E-state index contributed by atoms with van der Waals surface area (Å²) in [4.78, 5) is 29.4. The number of rotatable bonds is 10. The summed E-state index contributed by atoms with van der Waals surface area (Å²) in [6.45, 7) is 24.8. The van der Waals surface area contributed by atoms with Gasteiger partial charge in [-0.25, -0.2) is 4.99 Å². The number of amides is 2. The number of hydrogen-bond acceptors (Lipinski definition) is 6. The number of benzene rings is 1. The number of hydrazone groups is 1. The van der Waals surface area contributed by atoms with Gasteiger partial charge in [0.25, 0.3) is 0 Å². The minimum Gasteiger partial charge on any atom is -0.359 e. The molecule has 8 heteroatoms. The van der Waals surface area contributed by atoms with Gasteiger partial charge < -0.3 is 16.0 Å². The number of likely N-dealkylation sites (tertiary alicyclic amines) is 1. The van der Waals surface area contributed by atoms with Gasteiger partial charge in [0.05, 0.1) is 6.54 Å². The van der Waals surface area contributed by atoms with Crippen LogP contribution in [0.2, 0.25) is 0 Å². The average Bonchev–Trinajstić information content (AvgIpc) is 3.07. The van der Waals surface area contributed by atoms with Crippen LogP contribution in [-0.2, 0) is 16.0 Å². The molecule has 1 aromatic rings. The Hall–Kier alpha value is -2.74. The molecule has 1 fully saturated rings. The van der Waals surface area contributed by atoms with Gasteiger partial charge in [0.15, 0.2) is 0 Å². The largest absolute Gasteiger partial charge is 0.359 e. The molecule has 44 heavy (non-hydrogen) atoms. The van der Waals surface area contributed by atoms with Gasteiger partial charge in [-0.3, -0.25) is 14.6 Å². The molecule has 3 rings (SSSR count). The number of nitrogens with one attached hydrogen (secondary N) is 1. The van der Waals surface area contributed by atoms with Gasteiger partial charge in [0.1, 0.15) is 6.34 Å². The predicted octanol–water partition coefficient (Wildman–Crippen LogP) is 7.10. The van der Waals surface area contributed by atoms with Crippen molar-refractivity contribution in [3.8, 4) is 0 Å². The molecule has 2 aliphatic rings. The highest BCUT2D eigenvalue weighted by Crippen LogP contribution is 2.40. The number of piperidine rings is 1. The molecule has 8 nitrogen and oxygen atoms in total. The maximum Gasteiger partial charge on any atom is 0.223 e. The van der Waals surface area contributed by atoms with E-state index < -0.39 is 0 Å². The highest BCUT2D eigenvalue weighted by atomic mass is 16.2. The Morgan fingerprint density at radius 3 is 1.95 bits per heavy atom. The van der Waals surface area contributed by atoms with Crippen molar-refractivity contribution in [3.63, 3.8) is 0 Å². The number of carbonyl (C=O) groups excluding carboxylic acids is 2. The molecule has 2 aliphatic heterocycles. The molecule has 3 N–H and O–H groups in total. The lowest BCUT2D eigenvalue weighted by molar-refractivity contribution is -0.134. The maximum atomic E-state index is 12.7. The fourth-order valence-electron chi connectivity index (χ4n) is 4.80. The van der Waals surface area contributed by atoms with Gasteiger partial charge in [-0.05, 0) is 43.1 Å². The van der Waals surface area contributed by atoms with Crippen LogP contribution in [-0.4, -0.2) is 74.0 Å². The predicted molar refractivity (Wildman–Crippen MR) is 191 cm³/mol. The molecular weight excluding hydrogens is 548 g/mol. The zero-order valence-corrected chi connectivity index (χ0v) is 30.3. The molecular formula is C36H68N6O2. The Morgan fingerprint density at radius 1 is 1.00 bits per heavy atom. The number of carbonyl (C=O) groups is 2.